The zero-order chi connectivity index (χ0) is 21.8. The van der Waals surface area contributed by atoms with Crippen LogP contribution >= 0.6 is 11.3 Å². The van der Waals surface area contributed by atoms with E-state index in [1.165, 1.54) is 18.3 Å². The minimum absolute atomic E-state index is 0.000351. The van der Waals surface area contributed by atoms with Crippen LogP contribution in [0.3, 0.4) is 0 Å². The molecule has 0 radical (unpaired) electrons. The molecular formula is C20H16N2O7S. The highest BCUT2D eigenvalue weighted by Crippen LogP contribution is 2.42. The van der Waals surface area contributed by atoms with E-state index in [1.807, 2.05) is 0 Å². The minimum Gasteiger partial charge on any atom is -0.493 e. The number of carbonyl (C=O) groups excluding carboxylic acids is 1. The van der Waals surface area contributed by atoms with Crippen LogP contribution in [0.2, 0.25) is 0 Å². The van der Waals surface area contributed by atoms with E-state index in [0.717, 1.165) is 11.3 Å². The number of thiophene rings is 1. The van der Waals surface area contributed by atoms with Crippen LogP contribution in [0.4, 0.5) is 5.69 Å². The van der Waals surface area contributed by atoms with E-state index < -0.39 is 30.3 Å². The zero-order valence-corrected chi connectivity index (χ0v) is 16.4. The Morgan fingerprint density at radius 2 is 1.93 bits per heavy atom. The number of nitrogens with zero attached hydrogens (tertiary/aromatic N) is 1. The number of carboxylic acid groups (broad SMARTS) is 2. The van der Waals surface area contributed by atoms with E-state index in [4.69, 9.17) is 9.84 Å². The molecule has 0 aliphatic carbocycles. The molecular weight excluding hydrogens is 412 g/mol. The maximum Gasteiger partial charge on any atom is 0.349 e. The fourth-order valence-corrected chi connectivity index (χ4v) is 3.82. The molecule has 9 nitrogen and oxygen atoms in total. The first-order chi connectivity index (χ1) is 14.3. The van der Waals surface area contributed by atoms with Gasteiger partial charge in [-0.15, -0.1) is 11.3 Å². The fourth-order valence-electron chi connectivity index (χ4n) is 2.73. The van der Waals surface area contributed by atoms with Crippen molar-refractivity contribution in [1.82, 2.24) is 4.98 Å². The number of benzene rings is 1. The monoisotopic (exact) mass is 428 g/mol. The number of aromatic carboxylic acids is 1. The molecule has 4 N–H and O–H groups in total. The van der Waals surface area contributed by atoms with Gasteiger partial charge in [0.15, 0.2) is 11.5 Å². The fraction of sp³-hybridized carbons (Fsp3) is 0.100. The van der Waals surface area contributed by atoms with Gasteiger partial charge in [-0.25, -0.2) is 14.6 Å². The number of hydrogen-bond donors (Lipinski definition) is 4. The van der Waals surface area contributed by atoms with E-state index in [1.54, 1.807) is 31.2 Å². The number of pyridine rings is 1. The molecule has 1 aromatic carbocycles. The van der Waals surface area contributed by atoms with E-state index >= 15 is 0 Å². The third-order valence-electron chi connectivity index (χ3n) is 4.04. The van der Waals surface area contributed by atoms with Crippen LogP contribution in [0.5, 0.6) is 11.6 Å². The third-order valence-corrected chi connectivity index (χ3v) is 5.35. The van der Waals surface area contributed by atoms with Crippen molar-refractivity contribution in [1.29, 1.82) is 0 Å². The van der Waals surface area contributed by atoms with Gasteiger partial charge >= 0.3 is 11.9 Å². The van der Waals surface area contributed by atoms with Gasteiger partial charge in [0, 0.05) is 22.3 Å². The van der Waals surface area contributed by atoms with Gasteiger partial charge in [-0.05, 0) is 36.8 Å². The molecule has 0 bridgehead atoms. The van der Waals surface area contributed by atoms with Gasteiger partial charge < -0.3 is 25.4 Å². The predicted octanol–water partition coefficient (Wildman–Crippen LogP) is 3.24. The number of rotatable bonds is 7. The number of ether oxygens (including phenoxy) is 1. The highest BCUT2D eigenvalue weighted by molar-refractivity contribution is 7.18. The van der Waals surface area contributed by atoms with Crippen molar-refractivity contribution in [3.8, 4) is 22.1 Å². The third kappa shape index (κ3) is 4.39. The average molecular weight is 428 g/mol. The molecule has 2 aromatic heterocycles. The van der Waals surface area contributed by atoms with Crippen LogP contribution in [0.15, 0.2) is 42.6 Å². The molecule has 0 saturated heterocycles. The zero-order valence-electron chi connectivity index (χ0n) is 15.6. The van der Waals surface area contributed by atoms with Gasteiger partial charge in [-0.3, -0.25) is 4.79 Å². The van der Waals surface area contributed by atoms with Gasteiger partial charge in [0.05, 0.1) is 0 Å². The Labute approximate surface area is 174 Å². The van der Waals surface area contributed by atoms with Crippen molar-refractivity contribution in [2.75, 3.05) is 11.9 Å². The number of aliphatic carboxylic acids is 1. The first-order valence-corrected chi connectivity index (χ1v) is 9.36. The Morgan fingerprint density at radius 3 is 2.60 bits per heavy atom. The number of carboxylic acids is 2. The van der Waals surface area contributed by atoms with Crippen LogP contribution in [0.1, 0.15) is 25.6 Å². The second kappa shape index (κ2) is 8.62. The topological polar surface area (TPSA) is 146 Å². The van der Waals surface area contributed by atoms with Gasteiger partial charge in [-0.1, -0.05) is 12.1 Å². The number of nitrogens with one attached hydrogen (secondary N) is 1. The molecule has 0 aliphatic heterocycles. The number of carbonyl (C=O) groups is 3. The largest absolute Gasteiger partial charge is 0.493 e. The van der Waals surface area contributed by atoms with E-state index in [-0.39, 0.29) is 16.2 Å². The lowest BCUT2D eigenvalue weighted by atomic mass is 10.1. The molecule has 0 fully saturated rings. The summed E-state index contributed by atoms with van der Waals surface area (Å²) in [5, 5.41) is 30.6. The van der Waals surface area contributed by atoms with Crippen molar-refractivity contribution in [3.05, 3.63) is 58.6 Å². The molecule has 3 rings (SSSR count). The molecule has 2 heterocycles. The summed E-state index contributed by atoms with van der Waals surface area (Å²) >= 11 is 0.945. The predicted molar refractivity (Wildman–Crippen MR) is 108 cm³/mol. The lowest BCUT2D eigenvalue weighted by Gasteiger charge is -2.08. The van der Waals surface area contributed by atoms with Crippen molar-refractivity contribution in [2.24, 2.45) is 0 Å². The highest BCUT2D eigenvalue weighted by atomic mass is 32.1. The first kappa shape index (κ1) is 20.8. The second-order valence-electron chi connectivity index (χ2n) is 6.11. The number of aromatic nitrogens is 1. The molecule has 0 aliphatic rings. The van der Waals surface area contributed by atoms with Gasteiger partial charge in [-0.2, -0.15) is 0 Å². The number of aromatic hydroxyl groups is 1. The average Bonchev–Trinajstić information content (AvgIpc) is 3.03. The maximum atomic E-state index is 12.4. The highest BCUT2D eigenvalue weighted by Gasteiger charge is 2.23. The van der Waals surface area contributed by atoms with Gasteiger partial charge in [0.1, 0.15) is 11.3 Å². The van der Waals surface area contributed by atoms with Crippen LogP contribution in [-0.4, -0.2) is 44.8 Å². The summed E-state index contributed by atoms with van der Waals surface area (Å²) < 4.78 is 5.18. The lowest BCUT2D eigenvalue weighted by Crippen LogP contribution is -2.12. The molecule has 0 atom stereocenters. The molecule has 0 spiro atoms. The summed E-state index contributed by atoms with van der Waals surface area (Å²) in [6.07, 6.45) is 1.36. The Hall–Kier alpha value is -3.92. The Balaban J connectivity index is 1.93. The lowest BCUT2D eigenvalue weighted by molar-refractivity contribution is -0.139. The van der Waals surface area contributed by atoms with Crippen LogP contribution < -0.4 is 10.1 Å². The van der Waals surface area contributed by atoms with Crippen LogP contribution in [-0.2, 0) is 4.79 Å². The molecule has 154 valence electrons. The van der Waals surface area contributed by atoms with Crippen molar-refractivity contribution in [3.63, 3.8) is 0 Å². The van der Waals surface area contributed by atoms with E-state index in [9.17, 15) is 24.6 Å². The van der Waals surface area contributed by atoms with E-state index in [0.29, 0.717) is 21.7 Å². The van der Waals surface area contributed by atoms with Crippen molar-refractivity contribution in [2.45, 2.75) is 6.92 Å². The Bertz CT molecular complexity index is 1140. The molecule has 0 saturated carbocycles. The summed E-state index contributed by atoms with van der Waals surface area (Å²) in [6, 6.07) is 9.62. The number of hydrogen-bond acceptors (Lipinski definition) is 7. The summed E-state index contributed by atoms with van der Waals surface area (Å²) in [5.41, 5.74) is 1.51. The van der Waals surface area contributed by atoms with Crippen LogP contribution in [0.25, 0.3) is 10.4 Å². The van der Waals surface area contributed by atoms with E-state index in [2.05, 4.69) is 10.3 Å². The molecule has 1 amide bonds. The normalized spacial score (nSPS) is 10.4. The summed E-state index contributed by atoms with van der Waals surface area (Å²) in [7, 11) is 0. The standard InChI is InChI=1S/C20H16N2O7S/c1-10-15(29-9-14(23)24)17(20(27)28)30-16(10)11-4-2-5-12(8-11)22-19(26)13-6-3-7-21-18(13)25/h2-8H,9H2,1H3,(H,21,25)(H,22,26)(H,23,24)(H,27,28). The summed E-state index contributed by atoms with van der Waals surface area (Å²) in [4.78, 5) is 38.9. The smallest absolute Gasteiger partial charge is 0.349 e. The van der Waals surface area contributed by atoms with Crippen molar-refractivity contribution >= 4 is 34.9 Å². The van der Waals surface area contributed by atoms with Gasteiger partial charge in [0.25, 0.3) is 5.91 Å². The summed E-state index contributed by atoms with van der Waals surface area (Å²) in [5.74, 6) is -3.41. The number of amides is 1. The number of anilines is 1. The second-order valence-corrected chi connectivity index (χ2v) is 7.13. The molecule has 0 unspecified atom stereocenters. The molecule has 30 heavy (non-hydrogen) atoms. The maximum absolute atomic E-state index is 12.4. The van der Waals surface area contributed by atoms with Gasteiger partial charge in [0.2, 0.25) is 5.88 Å². The van der Waals surface area contributed by atoms with Crippen molar-refractivity contribution < 1.29 is 34.4 Å². The first-order valence-electron chi connectivity index (χ1n) is 8.55. The van der Waals surface area contributed by atoms with Crippen LogP contribution in [0, 0.1) is 6.92 Å². The minimum atomic E-state index is -1.23. The SMILES string of the molecule is Cc1c(-c2cccc(NC(=O)c3cccnc3O)c2)sc(C(=O)O)c1OCC(=O)O. The Kier molecular flexibility index (Phi) is 5.98. The molecule has 3 aromatic rings. The Morgan fingerprint density at radius 1 is 1.17 bits per heavy atom. The summed E-state index contributed by atoms with van der Waals surface area (Å²) in [6.45, 7) is 0.969. The molecule has 10 heteroatoms. The quantitative estimate of drug-likeness (QED) is 0.449.